The number of carbonyl (C=O) groups excluding carboxylic acids is 1. The first-order valence-corrected chi connectivity index (χ1v) is 7.01. The van der Waals surface area contributed by atoms with Crippen LogP contribution in [0.1, 0.15) is 43.8 Å². The van der Waals surface area contributed by atoms with Gasteiger partial charge in [0, 0.05) is 37.4 Å². The highest BCUT2D eigenvalue weighted by molar-refractivity contribution is 5.77. The minimum Gasteiger partial charge on any atom is -0.363 e. The molecule has 1 saturated heterocycles. The summed E-state index contributed by atoms with van der Waals surface area (Å²) in [5.74, 6) is 0.292. The smallest absolute Gasteiger partial charge is 0.224 e. The van der Waals surface area contributed by atoms with E-state index in [4.69, 9.17) is 0 Å². The van der Waals surface area contributed by atoms with Crippen LogP contribution in [0.5, 0.6) is 0 Å². The highest BCUT2D eigenvalue weighted by atomic mass is 16.2. The standard InChI is InChI=1S/C14H21N3O/c18-14(7-9-15-11-5-6-11)17-10-2-4-13(17)12-3-1-8-16-12/h1,3,8,11,13,15-16H,2,4-7,9-10H2. The first-order valence-electron chi connectivity index (χ1n) is 7.01. The van der Waals surface area contributed by atoms with Gasteiger partial charge in [-0.2, -0.15) is 0 Å². The maximum absolute atomic E-state index is 12.2. The Morgan fingerprint density at radius 2 is 2.33 bits per heavy atom. The minimum absolute atomic E-state index is 0.272. The van der Waals surface area contributed by atoms with Gasteiger partial charge in [-0.3, -0.25) is 4.79 Å². The number of nitrogens with one attached hydrogen (secondary N) is 2. The summed E-state index contributed by atoms with van der Waals surface area (Å²) in [6.07, 6.45) is 7.33. The molecule has 98 valence electrons. The number of aromatic amines is 1. The number of hydrogen-bond acceptors (Lipinski definition) is 2. The molecule has 2 N–H and O–H groups in total. The lowest BCUT2D eigenvalue weighted by Crippen LogP contribution is -2.33. The van der Waals surface area contributed by atoms with Crippen molar-refractivity contribution in [3.8, 4) is 0 Å². The van der Waals surface area contributed by atoms with Gasteiger partial charge in [-0.25, -0.2) is 0 Å². The number of carbonyl (C=O) groups is 1. The van der Waals surface area contributed by atoms with Crippen LogP contribution in [0.15, 0.2) is 18.3 Å². The Bertz CT molecular complexity index is 397. The van der Waals surface area contributed by atoms with Crippen LogP contribution in [-0.4, -0.2) is 34.9 Å². The van der Waals surface area contributed by atoms with Crippen LogP contribution in [0.25, 0.3) is 0 Å². The first-order chi connectivity index (χ1) is 8.84. The summed E-state index contributed by atoms with van der Waals surface area (Å²) in [4.78, 5) is 17.5. The Labute approximate surface area is 108 Å². The van der Waals surface area contributed by atoms with Crippen LogP contribution in [0.4, 0.5) is 0 Å². The molecule has 4 heteroatoms. The SMILES string of the molecule is O=C(CCNC1CC1)N1CCCC1c1ccc[nH]1. The minimum atomic E-state index is 0.272. The average molecular weight is 247 g/mol. The van der Waals surface area contributed by atoms with Gasteiger partial charge in [-0.05, 0) is 37.8 Å². The molecule has 1 aromatic rings. The molecule has 1 atom stereocenters. The summed E-state index contributed by atoms with van der Waals surface area (Å²) in [6.45, 7) is 1.74. The van der Waals surface area contributed by atoms with E-state index in [1.165, 1.54) is 18.5 Å². The fourth-order valence-corrected chi connectivity index (χ4v) is 2.75. The quantitative estimate of drug-likeness (QED) is 0.834. The fraction of sp³-hybridized carbons (Fsp3) is 0.643. The molecule has 3 rings (SSSR count). The molecule has 2 heterocycles. The van der Waals surface area contributed by atoms with Gasteiger partial charge in [-0.15, -0.1) is 0 Å². The molecule has 1 saturated carbocycles. The van der Waals surface area contributed by atoms with Gasteiger partial charge in [0.1, 0.15) is 0 Å². The van der Waals surface area contributed by atoms with E-state index in [1.807, 2.05) is 17.2 Å². The largest absolute Gasteiger partial charge is 0.363 e. The topological polar surface area (TPSA) is 48.1 Å². The maximum atomic E-state index is 12.2. The van der Waals surface area contributed by atoms with E-state index < -0.39 is 0 Å². The van der Waals surface area contributed by atoms with Crippen LogP contribution in [0.3, 0.4) is 0 Å². The van der Waals surface area contributed by atoms with E-state index in [2.05, 4.69) is 16.4 Å². The van der Waals surface area contributed by atoms with Gasteiger partial charge in [0.15, 0.2) is 0 Å². The molecule has 1 aliphatic carbocycles. The normalized spacial score (nSPS) is 23.6. The summed E-state index contributed by atoms with van der Waals surface area (Å²) < 4.78 is 0. The maximum Gasteiger partial charge on any atom is 0.224 e. The van der Waals surface area contributed by atoms with Crippen molar-refractivity contribution in [1.82, 2.24) is 15.2 Å². The predicted octanol–water partition coefficient (Wildman–Crippen LogP) is 1.82. The molecule has 0 spiro atoms. The van der Waals surface area contributed by atoms with Gasteiger partial charge in [-0.1, -0.05) is 0 Å². The molecule has 18 heavy (non-hydrogen) atoms. The van der Waals surface area contributed by atoms with Crippen molar-refractivity contribution >= 4 is 5.91 Å². The molecule has 1 amide bonds. The van der Waals surface area contributed by atoms with E-state index in [9.17, 15) is 4.79 Å². The Morgan fingerprint density at radius 1 is 1.44 bits per heavy atom. The van der Waals surface area contributed by atoms with Crippen molar-refractivity contribution in [2.24, 2.45) is 0 Å². The first kappa shape index (κ1) is 11.8. The zero-order valence-electron chi connectivity index (χ0n) is 10.7. The third-order valence-corrected chi connectivity index (χ3v) is 3.90. The fourth-order valence-electron chi connectivity index (χ4n) is 2.75. The van der Waals surface area contributed by atoms with E-state index in [-0.39, 0.29) is 6.04 Å². The summed E-state index contributed by atoms with van der Waals surface area (Å²) in [7, 11) is 0. The molecule has 4 nitrogen and oxygen atoms in total. The van der Waals surface area contributed by atoms with Crippen LogP contribution in [0, 0.1) is 0 Å². The second kappa shape index (κ2) is 5.14. The van der Waals surface area contributed by atoms with Crippen LogP contribution >= 0.6 is 0 Å². The number of hydrogen-bond donors (Lipinski definition) is 2. The molecule has 0 bridgehead atoms. The van der Waals surface area contributed by atoms with Gasteiger partial charge in [0.05, 0.1) is 6.04 Å². The van der Waals surface area contributed by atoms with Crippen molar-refractivity contribution in [2.45, 2.75) is 44.2 Å². The van der Waals surface area contributed by atoms with Crippen molar-refractivity contribution in [1.29, 1.82) is 0 Å². The number of likely N-dealkylation sites (tertiary alicyclic amines) is 1. The Morgan fingerprint density at radius 3 is 3.06 bits per heavy atom. The third-order valence-electron chi connectivity index (χ3n) is 3.90. The molecular weight excluding hydrogens is 226 g/mol. The zero-order chi connectivity index (χ0) is 12.4. The summed E-state index contributed by atoms with van der Waals surface area (Å²) in [5, 5.41) is 3.41. The summed E-state index contributed by atoms with van der Waals surface area (Å²) in [5.41, 5.74) is 1.18. The Balaban J connectivity index is 1.54. The number of nitrogens with zero attached hydrogens (tertiary/aromatic N) is 1. The molecule has 1 aliphatic heterocycles. The molecular formula is C14H21N3O. The van der Waals surface area contributed by atoms with Crippen LogP contribution in [-0.2, 0) is 4.79 Å². The molecule has 1 aromatic heterocycles. The molecule has 1 unspecified atom stereocenters. The zero-order valence-corrected chi connectivity index (χ0v) is 10.7. The highest BCUT2D eigenvalue weighted by Crippen LogP contribution is 2.31. The molecule has 2 aliphatic rings. The van der Waals surface area contributed by atoms with E-state index in [0.29, 0.717) is 18.4 Å². The number of amides is 1. The average Bonchev–Trinajstić information content (AvgIpc) is 2.88. The monoisotopic (exact) mass is 247 g/mol. The summed E-state index contributed by atoms with van der Waals surface area (Å²) in [6, 6.07) is 5.05. The van der Waals surface area contributed by atoms with Gasteiger partial charge < -0.3 is 15.2 Å². The van der Waals surface area contributed by atoms with Gasteiger partial charge >= 0.3 is 0 Å². The van der Waals surface area contributed by atoms with Gasteiger partial charge in [0.25, 0.3) is 0 Å². The lowest BCUT2D eigenvalue weighted by molar-refractivity contribution is -0.132. The Kier molecular flexibility index (Phi) is 3.37. The van der Waals surface area contributed by atoms with Crippen molar-refractivity contribution in [3.63, 3.8) is 0 Å². The molecule has 0 radical (unpaired) electrons. The second-order valence-corrected chi connectivity index (χ2v) is 5.35. The van der Waals surface area contributed by atoms with Gasteiger partial charge in [0.2, 0.25) is 5.91 Å². The number of H-pyrrole nitrogens is 1. The number of aromatic nitrogens is 1. The number of rotatable bonds is 5. The van der Waals surface area contributed by atoms with E-state index >= 15 is 0 Å². The van der Waals surface area contributed by atoms with Crippen molar-refractivity contribution < 1.29 is 4.79 Å². The second-order valence-electron chi connectivity index (χ2n) is 5.35. The van der Waals surface area contributed by atoms with Crippen LogP contribution < -0.4 is 5.32 Å². The lowest BCUT2D eigenvalue weighted by Gasteiger charge is -2.24. The predicted molar refractivity (Wildman–Crippen MR) is 70.1 cm³/mol. The molecule has 2 fully saturated rings. The molecule has 0 aromatic carbocycles. The Hall–Kier alpha value is -1.29. The van der Waals surface area contributed by atoms with Crippen LogP contribution in [0.2, 0.25) is 0 Å². The van der Waals surface area contributed by atoms with E-state index in [1.54, 1.807) is 0 Å². The lowest BCUT2D eigenvalue weighted by atomic mass is 10.1. The highest BCUT2D eigenvalue weighted by Gasteiger charge is 2.30. The van der Waals surface area contributed by atoms with Crippen molar-refractivity contribution in [3.05, 3.63) is 24.0 Å². The van der Waals surface area contributed by atoms with E-state index in [0.717, 1.165) is 25.9 Å². The third kappa shape index (κ3) is 2.58. The van der Waals surface area contributed by atoms with Crippen molar-refractivity contribution in [2.75, 3.05) is 13.1 Å². The summed E-state index contributed by atoms with van der Waals surface area (Å²) >= 11 is 0.